The van der Waals surface area contributed by atoms with Crippen molar-refractivity contribution < 1.29 is 19.1 Å². The van der Waals surface area contributed by atoms with Crippen molar-refractivity contribution in [3.63, 3.8) is 0 Å². The number of pyridine rings is 1. The lowest BCUT2D eigenvalue weighted by Gasteiger charge is -2.21. The third-order valence-corrected chi connectivity index (χ3v) is 9.39. The van der Waals surface area contributed by atoms with Crippen LogP contribution in [0.2, 0.25) is 10.0 Å². The van der Waals surface area contributed by atoms with Crippen LogP contribution in [-0.2, 0) is 16.1 Å². The maximum atomic E-state index is 14.5. The van der Waals surface area contributed by atoms with Crippen LogP contribution in [0.25, 0.3) is 22.2 Å². The molecular weight excluding hydrogens is 679 g/mol. The molecule has 1 amide bonds. The molecule has 0 radical (unpaired) electrons. The number of likely N-dealkylation sites (N-methyl/N-ethyl adjacent to an activating group) is 1. The van der Waals surface area contributed by atoms with Gasteiger partial charge in [-0.2, -0.15) is 4.98 Å². The lowest BCUT2D eigenvalue weighted by atomic mass is 9.97. The standard InChI is InChI=1S/C37H40Cl2N6O5/c1-6-26(46)17-23-9-7-10-28(23)42-37-40-20-24-18-27(32-33(38)29(49-4)19-30(50-5)34(32)39)36(48)45(35(24)43-37)21-22-12-14-25(15-13-22)41-31(47)11-8-16-44(2)3/h6,8,11-15,18-20,23,28H,1,7,9-10,16-17,21H2,2-5H3,(H,41,47)(H,40,42,43)/b11-8+. The Morgan fingerprint density at radius 1 is 1.08 bits per heavy atom. The molecule has 50 heavy (non-hydrogen) atoms. The van der Waals surface area contributed by atoms with E-state index >= 15 is 0 Å². The highest BCUT2D eigenvalue weighted by atomic mass is 35.5. The Morgan fingerprint density at radius 2 is 1.78 bits per heavy atom. The molecule has 2 N–H and O–H groups in total. The molecule has 2 atom stereocenters. The SMILES string of the molecule is C=CC(=O)CC1CCCC1Nc1ncc2cc(-c3c(Cl)c(OC)cc(OC)c3Cl)c(=O)n(Cc3ccc(NC(=O)/C=C/CN(C)C)cc3)c2n1. The van der Waals surface area contributed by atoms with Gasteiger partial charge in [-0.15, -0.1) is 0 Å². The van der Waals surface area contributed by atoms with E-state index in [1.807, 2.05) is 31.1 Å². The maximum absolute atomic E-state index is 14.5. The summed E-state index contributed by atoms with van der Waals surface area (Å²) in [4.78, 5) is 50.4. The first-order chi connectivity index (χ1) is 24.0. The minimum atomic E-state index is -0.403. The Balaban J connectivity index is 1.56. The number of carbonyl (C=O) groups is 2. The molecule has 0 aliphatic heterocycles. The van der Waals surface area contributed by atoms with E-state index in [0.717, 1.165) is 24.8 Å². The van der Waals surface area contributed by atoms with Gasteiger partial charge in [-0.05, 0) is 62.7 Å². The van der Waals surface area contributed by atoms with Crippen LogP contribution in [0.3, 0.4) is 0 Å². The van der Waals surface area contributed by atoms with Crippen molar-refractivity contribution in [2.24, 2.45) is 5.92 Å². The van der Waals surface area contributed by atoms with Gasteiger partial charge in [-0.3, -0.25) is 19.0 Å². The average molecular weight is 720 g/mol. The third-order valence-electron chi connectivity index (χ3n) is 8.64. The zero-order chi connectivity index (χ0) is 35.9. The molecule has 13 heteroatoms. The van der Waals surface area contributed by atoms with Gasteiger partial charge in [0.15, 0.2) is 5.78 Å². The van der Waals surface area contributed by atoms with Crippen molar-refractivity contribution in [3.05, 3.63) is 93.4 Å². The molecule has 262 valence electrons. The number of carbonyl (C=O) groups excluding carboxylic acids is 2. The predicted octanol–water partition coefficient (Wildman–Crippen LogP) is 6.61. The summed E-state index contributed by atoms with van der Waals surface area (Å²) in [5.41, 5.74) is 1.84. The summed E-state index contributed by atoms with van der Waals surface area (Å²) in [6.07, 6.45) is 9.43. The molecular formula is C37H40Cl2N6O5. The van der Waals surface area contributed by atoms with Crippen LogP contribution in [0.15, 0.2) is 72.2 Å². The van der Waals surface area contributed by atoms with Crippen molar-refractivity contribution >= 4 is 57.6 Å². The van der Waals surface area contributed by atoms with Gasteiger partial charge in [0.25, 0.3) is 5.56 Å². The van der Waals surface area contributed by atoms with E-state index in [4.69, 9.17) is 37.7 Å². The van der Waals surface area contributed by atoms with Gasteiger partial charge >= 0.3 is 0 Å². The third kappa shape index (κ3) is 8.35. The molecule has 2 unspecified atom stereocenters. The topological polar surface area (TPSA) is 128 Å². The number of ether oxygens (including phenoxy) is 2. The summed E-state index contributed by atoms with van der Waals surface area (Å²) in [5.74, 6) is 0.814. The van der Waals surface area contributed by atoms with Crippen molar-refractivity contribution in [3.8, 4) is 22.6 Å². The number of halogens is 2. The minimum absolute atomic E-state index is 0.00172. The normalized spacial score (nSPS) is 15.8. The Hall–Kier alpha value is -4.71. The van der Waals surface area contributed by atoms with E-state index in [9.17, 15) is 14.4 Å². The monoisotopic (exact) mass is 718 g/mol. The number of fused-ring (bicyclic) bond motifs is 1. The number of allylic oxidation sites excluding steroid dienone is 1. The molecule has 5 rings (SSSR count). The number of anilines is 2. The van der Waals surface area contributed by atoms with Gasteiger partial charge in [-0.1, -0.05) is 54.4 Å². The number of nitrogens with zero attached hydrogens (tertiary/aromatic N) is 4. The highest BCUT2D eigenvalue weighted by Crippen LogP contribution is 2.45. The summed E-state index contributed by atoms with van der Waals surface area (Å²) in [6, 6.07) is 10.4. The van der Waals surface area contributed by atoms with Gasteiger partial charge in [0.05, 0.1) is 36.4 Å². The summed E-state index contributed by atoms with van der Waals surface area (Å²) in [5, 5.41) is 7.14. The molecule has 1 aliphatic rings. The predicted molar refractivity (Wildman–Crippen MR) is 199 cm³/mol. The van der Waals surface area contributed by atoms with Crippen LogP contribution in [-0.4, -0.2) is 72.0 Å². The highest BCUT2D eigenvalue weighted by molar-refractivity contribution is 6.41. The quantitative estimate of drug-likeness (QED) is 0.138. The zero-order valence-corrected chi connectivity index (χ0v) is 30.0. The zero-order valence-electron chi connectivity index (χ0n) is 28.5. The van der Waals surface area contributed by atoms with Crippen molar-refractivity contribution in [1.29, 1.82) is 0 Å². The average Bonchev–Trinajstić information content (AvgIpc) is 3.53. The van der Waals surface area contributed by atoms with Gasteiger partial charge in [0, 0.05) is 54.0 Å². The molecule has 2 aromatic carbocycles. The Morgan fingerprint density at radius 3 is 2.42 bits per heavy atom. The van der Waals surface area contributed by atoms with E-state index in [1.165, 1.54) is 26.4 Å². The Labute approximate surface area is 300 Å². The largest absolute Gasteiger partial charge is 0.495 e. The maximum Gasteiger partial charge on any atom is 0.260 e. The molecule has 0 saturated heterocycles. The van der Waals surface area contributed by atoms with E-state index in [-0.39, 0.29) is 51.4 Å². The molecule has 2 heterocycles. The van der Waals surface area contributed by atoms with E-state index < -0.39 is 5.56 Å². The number of amides is 1. The minimum Gasteiger partial charge on any atom is -0.495 e. The summed E-state index contributed by atoms with van der Waals surface area (Å²) in [6.45, 7) is 4.39. The van der Waals surface area contributed by atoms with Gasteiger partial charge in [0.2, 0.25) is 11.9 Å². The number of hydrogen-bond donors (Lipinski definition) is 2. The molecule has 0 spiro atoms. The number of benzene rings is 2. The number of rotatable bonds is 14. The molecule has 2 aromatic heterocycles. The molecule has 1 saturated carbocycles. The highest BCUT2D eigenvalue weighted by Gasteiger charge is 2.29. The van der Waals surface area contributed by atoms with Crippen LogP contribution in [0.1, 0.15) is 31.2 Å². The Kier molecular flexibility index (Phi) is 11.9. The smallest absolute Gasteiger partial charge is 0.260 e. The number of hydrogen-bond acceptors (Lipinski definition) is 9. The molecule has 11 nitrogen and oxygen atoms in total. The fraction of sp³-hybridized carbons (Fsp3) is 0.324. The first-order valence-electron chi connectivity index (χ1n) is 16.2. The number of nitrogens with one attached hydrogen (secondary N) is 2. The van der Waals surface area contributed by atoms with Crippen LogP contribution < -0.4 is 25.7 Å². The van der Waals surface area contributed by atoms with Crippen LogP contribution in [0.5, 0.6) is 11.5 Å². The number of methoxy groups -OCH3 is 2. The second-order valence-electron chi connectivity index (χ2n) is 12.4. The van der Waals surface area contributed by atoms with Gasteiger partial charge in [0.1, 0.15) is 17.1 Å². The fourth-order valence-corrected chi connectivity index (χ4v) is 6.79. The lowest BCUT2D eigenvalue weighted by Crippen LogP contribution is -2.27. The number of aromatic nitrogens is 3. The summed E-state index contributed by atoms with van der Waals surface area (Å²) in [7, 11) is 6.78. The molecule has 1 aliphatic carbocycles. The Bertz CT molecular complexity index is 1970. The van der Waals surface area contributed by atoms with Crippen molar-refractivity contribution in [2.45, 2.75) is 38.3 Å². The first-order valence-corrected chi connectivity index (χ1v) is 16.9. The molecule has 0 bridgehead atoms. The lowest BCUT2D eigenvalue weighted by molar-refractivity contribution is -0.115. The van der Waals surface area contributed by atoms with E-state index in [0.29, 0.717) is 47.1 Å². The fourth-order valence-electron chi connectivity index (χ4n) is 6.09. The second kappa shape index (κ2) is 16.3. The van der Waals surface area contributed by atoms with Crippen LogP contribution in [0.4, 0.5) is 11.6 Å². The second-order valence-corrected chi connectivity index (χ2v) is 13.1. The van der Waals surface area contributed by atoms with E-state index in [2.05, 4.69) is 22.2 Å². The van der Waals surface area contributed by atoms with Crippen LogP contribution in [0, 0.1) is 5.92 Å². The van der Waals surface area contributed by atoms with Crippen molar-refractivity contribution in [2.75, 3.05) is 45.5 Å². The molecule has 4 aromatic rings. The van der Waals surface area contributed by atoms with E-state index in [1.54, 1.807) is 41.1 Å². The summed E-state index contributed by atoms with van der Waals surface area (Å²) >= 11 is 13.5. The first kappa shape index (κ1) is 36.6. The van der Waals surface area contributed by atoms with Gasteiger partial charge in [-0.25, -0.2) is 4.98 Å². The number of ketones is 1. The van der Waals surface area contributed by atoms with Gasteiger partial charge < -0.3 is 25.0 Å². The summed E-state index contributed by atoms with van der Waals surface area (Å²) < 4.78 is 12.5. The van der Waals surface area contributed by atoms with Crippen LogP contribution >= 0.6 is 23.2 Å². The molecule has 1 fully saturated rings. The van der Waals surface area contributed by atoms with Crippen molar-refractivity contribution in [1.82, 2.24) is 19.4 Å².